The smallest absolute Gasteiger partial charge is 0.255 e. The zero-order valence-electron chi connectivity index (χ0n) is 11.3. The lowest BCUT2D eigenvalue weighted by atomic mass is 10.1. The van der Waals surface area contributed by atoms with Crippen LogP contribution in [0.2, 0.25) is 0 Å². The van der Waals surface area contributed by atoms with E-state index in [0.717, 1.165) is 35.0 Å². The van der Waals surface area contributed by atoms with Crippen molar-refractivity contribution >= 4 is 33.2 Å². The van der Waals surface area contributed by atoms with Crippen molar-refractivity contribution in [2.75, 3.05) is 6.54 Å². The molecule has 20 heavy (non-hydrogen) atoms. The minimum absolute atomic E-state index is 0.134. The molecule has 1 amide bonds. The molecule has 1 aliphatic rings. The third-order valence-electron chi connectivity index (χ3n) is 3.79. The van der Waals surface area contributed by atoms with Crippen molar-refractivity contribution in [3.63, 3.8) is 0 Å². The third-order valence-corrected chi connectivity index (χ3v) is 5.19. The number of halogens is 1. The summed E-state index contributed by atoms with van der Waals surface area (Å²) in [5.74, 6) is 0.134. The average Bonchev–Trinajstić information content (AvgIpc) is 3.10. The van der Waals surface area contributed by atoms with Crippen molar-refractivity contribution in [2.24, 2.45) is 0 Å². The van der Waals surface area contributed by atoms with Gasteiger partial charge in [0.25, 0.3) is 5.91 Å². The number of carbonyl (C=O) groups is 1. The first kappa shape index (κ1) is 13.8. The highest BCUT2D eigenvalue weighted by Crippen LogP contribution is 2.35. The molecule has 1 atom stereocenters. The summed E-state index contributed by atoms with van der Waals surface area (Å²) in [5, 5.41) is 4.24. The SMILES string of the molecule is Cc1ccc(Br)c(C(=O)N2CCCC2c2ccsc2)c1. The molecule has 1 unspecified atom stereocenters. The van der Waals surface area contributed by atoms with Crippen LogP contribution in [0.25, 0.3) is 0 Å². The van der Waals surface area contributed by atoms with Gasteiger partial charge in [-0.1, -0.05) is 11.6 Å². The summed E-state index contributed by atoms with van der Waals surface area (Å²) in [5.41, 5.74) is 3.15. The van der Waals surface area contributed by atoms with Gasteiger partial charge in [-0.3, -0.25) is 4.79 Å². The Morgan fingerprint density at radius 2 is 2.25 bits per heavy atom. The van der Waals surface area contributed by atoms with Crippen molar-refractivity contribution in [1.82, 2.24) is 4.90 Å². The number of benzene rings is 1. The van der Waals surface area contributed by atoms with Gasteiger partial charge in [0, 0.05) is 11.0 Å². The Hall–Kier alpha value is -1.13. The summed E-state index contributed by atoms with van der Waals surface area (Å²) in [7, 11) is 0. The van der Waals surface area contributed by atoms with Gasteiger partial charge in [0.05, 0.1) is 11.6 Å². The molecule has 0 bridgehead atoms. The van der Waals surface area contributed by atoms with Gasteiger partial charge in [-0.25, -0.2) is 0 Å². The fraction of sp³-hybridized carbons (Fsp3) is 0.312. The van der Waals surface area contributed by atoms with E-state index in [2.05, 4.69) is 32.8 Å². The molecule has 2 aromatic rings. The molecule has 1 fully saturated rings. The van der Waals surface area contributed by atoms with E-state index in [4.69, 9.17) is 0 Å². The van der Waals surface area contributed by atoms with E-state index in [1.54, 1.807) is 11.3 Å². The predicted octanol–water partition coefficient (Wildman–Crippen LogP) is 4.80. The van der Waals surface area contributed by atoms with Gasteiger partial charge >= 0.3 is 0 Å². The number of hydrogen-bond acceptors (Lipinski definition) is 2. The van der Waals surface area contributed by atoms with Gasteiger partial charge in [0.2, 0.25) is 0 Å². The molecule has 3 rings (SSSR count). The maximum atomic E-state index is 12.8. The Morgan fingerprint density at radius 3 is 3.00 bits per heavy atom. The first-order chi connectivity index (χ1) is 9.66. The van der Waals surface area contributed by atoms with Gasteiger partial charge in [-0.05, 0) is 70.2 Å². The van der Waals surface area contributed by atoms with Gasteiger partial charge in [-0.15, -0.1) is 0 Å². The average molecular weight is 350 g/mol. The summed E-state index contributed by atoms with van der Waals surface area (Å²) in [6, 6.07) is 8.31. The van der Waals surface area contributed by atoms with Crippen LogP contribution >= 0.6 is 27.3 Å². The second kappa shape index (κ2) is 5.70. The van der Waals surface area contributed by atoms with Crippen molar-refractivity contribution in [3.8, 4) is 0 Å². The molecule has 1 saturated heterocycles. The Bertz CT molecular complexity index is 623. The molecule has 0 N–H and O–H groups in total. The highest BCUT2D eigenvalue weighted by molar-refractivity contribution is 9.10. The van der Waals surface area contributed by atoms with Crippen molar-refractivity contribution < 1.29 is 4.79 Å². The fourth-order valence-corrected chi connectivity index (χ4v) is 3.90. The molecule has 4 heteroatoms. The third kappa shape index (κ3) is 2.54. The molecular weight excluding hydrogens is 334 g/mol. The Kier molecular flexibility index (Phi) is 3.94. The van der Waals surface area contributed by atoms with E-state index in [1.165, 1.54) is 5.56 Å². The predicted molar refractivity (Wildman–Crippen MR) is 86.2 cm³/mol. The monoisotopic (exact) mass is 349 g/mol. The normalized spacial score (nSPS) is 18.5. The molecule has 2 nitrogen and oxygen atoms in total. The molecule has 0 spiro atoms. The van der Waals surface area contributed by atoms with Crippen LogP contribution in [0.1, 0.15) is 40.4 Å². The van der Waals surface area contributed by atoms with E-state index in [-0.39, 0.29) is 11.9 Å². The quantitative estimate of drug-likeness (QED) is 0.762. The largest absolute Gasteiger partial charge is 0.332 e. The lowest BCUT2D eigenvalue weighted by Crippen LogP contribution is -2.30. The molecule has 1 aromatic heterocycles. The summed E-state index contributed by atoms with van der Waals surface area (Å²) in [6.07, 6.45) is 2.14. The summed E-state index contributed by atoms with van der Waals surface area (Å²) < 4.78 is 0.879. The zero-order chi connectivity index (χ0) is 14.1. The van der Waals surface area contributed by atoms with Gasteiger partial charge in [0.15, 0.2) is 0 Å². The number of nitrogens with zero attached hydrogens (tertiary/aromatic N) is 1. The van der Waals surface area contributed by atoms with E-state index >= 15 is 0 Å². The van der Waals surface area contributed by atoms with E-state index in [9.17, 15) is 4.79 Å². The summed E-state index contributed by atoms with van der Waals surface area (Å²) in [6.45, 7) is 2.86. The lowest BCUT2D eigenvalue weighted by molar-refractivity contribution is 0.0735. The standard InChI is InChI=1S/C16H16BrNOS/c1-11-4-5-14(17)13(9-11)16(19)18-7-2-3-15(18)12-6-8-20-10-12/h4-6,8-10,15H,2-3,7H2,1H3. The van der Waals surface area contributed by atoms with Gasteiger partial charge in [-0.2, -0.15) is 11.3 Å². The molecule has 0 aliphatic carbocycles. The lowest BCUT2D eigenvalue weighted by Gasteiger charge is -2.25. The van der Waals surface area contributed by atoms with Crippen molar-refractivity contribution in [2.45, 2.75) is 25.8 Å². The number of likely N-dealkylation sites (tertiary alicyclic amines) is 1. The van der Waals surface area contributed by atoms with Crippen molar-refractivity contribution in [1.29, 1.82) is 0 Å². The molecule has 0 radical (unpaired) electrons. The number of thiophene rings is 1. The fourth-order valence-electron chi connectivity index (χ4n) is 2.78. The Labute approximate surface area is 131 Å². The summed E-state index contributed by atoms with van der Waals surface area (Å²) >= 11 is 5.20. The van der Waals surface area contributed by atoms with Crippen LogP contribution < -0.4 is 0 Å². The van der Waals surface area contributed by atoms with E-state index in [1.807, 2.05) is 30.0 Å². The van der Waals surface area contributed by atoms with Gasteiger partial charge in [0.1, 0.15) is 0 Å². The van der Waals surface area contributed by atoms with Crippen LogP contribution in [0, 0.1) is 6.92 Å². The molecule has 1 aromatic carbocycles. The minimum atomic E-state index is 0.134. The highest BCUT2D eigenvalue weighted by atomic mass is 79.9. The molecule has 104 valence electrons. The van der Waals surface area contributed by atoms with Crippen molar-refractivity contribution in [3.05, 3.63) is 56.2 Å². The topological polar surface area (TPSA) is 20.3 Å². The molecule has 0 saturated carbocycles. The molecular formula is C16H16BrNOS. The Morgan fingerprint density at radius 1 is 1.40 bits per heavy atom. The molecule has 1 aliphatic heterocycles. The second-order valence-electron chi connectivity index (χ2n) is 5.20. The summed E-state index contributed by atoms with van der Waals surface area (Å²) in [4.78, 5) is 14.8. The highest BCUT2D eigenvalue weighted by Gasteiger charge is 2.31. The van der Waals surface area contributed by atoms with Crippen LogP contribution in [0.4, 0.5) is 0 Å². The number of rotatable bonds is 2. The molecule has 2 heterocycles. The maximum absolute atomic E-state index is 12.8. The van der Waals surface area contributed by atoms with Crippen LogP contribution in [0.5, 0.6) is 0 Å². The van der Waals surface area contributed by atoms with Crippen LogP contribution in [0.15, 0.2) is 39.5 Å². The first-order valence-electron chi connectivity index (χ1n) is 6.76. The Balaban J connectivity index is 1.91. The number of aryl methyl sites for hydroxylation is 1. The van der Waals surface area contributed by atoms with Crippen LogP contribution in [-0.4, -0.2) is 17.4 Å². The number of amides is 1. The van der Waals surface area contributed by atoms with E-state index in [0.29, 0.717) is 0 Å². The maximum Gasteiger partial charge on any atom is 0.255 e. The van der Waals surface area contributed by atoms with Gasteiger partial charge < -0.3 is 4.90 Å². The zero-order valence-corrected chi connectivity index (χ0v) is 13.7. The second-order valence-corrected chi connectivity index (χ2v) is 6.83. The minimum Gasteiger partial charge on any atom is -0.332 e. The number of carbonyl (C=O) groups excluding carboxylic acids is 1. The first-order valence-corrected chi connectivity index (χ1v) is 8.49. The van der Waals surface area contributed by atoms with Crippen LogP contribution in [0.3, 0.4) is 0 Å². The number of hydrogen-bond donors (Lipinski definition) is 0. The van der Waals surface area contributed by atoms with Crippen LogP contribution in [-0.2, 0) is 0 Å². The van der Waals surface area contributed by atoms with E-state index < -0.39 is 0 Å².